The summed E-state index contributed by atoms with van der Waals surface area (Å²) in [7, 11) is 0. The molecule has 25 heavy (non-hydrogen) atoms. The van der Waals surface area contributed by atoms with Crippen molar-refractivity contribution >= 4 is 5.69 Å². The van der Waals surface area contributed by atoms with E-state index in [0.29, 0.717) is 39.1 Å². The summed E-state index contributed by atoms with van der Waals surface area (Å²) in [4.78, 5) is 4.23. The molecule has 2 fully saturated rings. The Bertz CT molecular complexity index is 730. The van der Waals surface area contributed by atoms with Gasteiger partial charge in [-0.1, -0.05) is 18.2 Å². The van der Waals surface area contributed by atoms with E-state index >= 15 is 0 Å². The van der Waals surface area contributed by atoms with Gasteiger partial charge in [-0.05, 0) is 37.6 Å². The number of benzene rings is 1. The minimum Gasteiger partial charge on any atom is -0.465 e. The molecule has 2 aliphatic rings. The predicted octanol–water partition coefficient (Wildman–Crippen LogP) is 4.33. The fourth-order valence-electron chi connectivity index (χ4n) is 4.27. The van der Waals surface area contributed by atoms with Crippen LogP contribution in [0.1, 0.15) is 24.4 Å². The van der Waals surface area contributed by atoms with Crippen LogP contribution in [0.4, 0.5) is 14.5 Å². The molecule has 2 aliphatic heterocycles. The molecule has 0 saturated carbocycles. The van der Waals surface area contributed by atoms with E-state index in [0.717, 1.165) is 17.2 Å². The SMILES string of the molecule is Cc1ccc(CN2CCC(F)(F)[C@]3(CCN(c4ccccc4)C3)C2)o1. The Kier molecular flexibility index (Phi) is 4.07. The first kappa shape index (κ1) is 16.6. The highest BCUT2D eigenvalue weighted by Gasteiger charge is 2.59. The molecule has 1 aromatic heterocycles. The normalized spacial score (nSPS) is 26.4. The van der Waals surface area contributed by atoms with Crippen molar-refractivity contribution in [2.75, 3.05) is 31.1 Å². The van der Waals surface area contributed by atoms with Gasteiger partial charge in [0.2, 0.25) is 0 Å². The molecule has 5 heteroatoms. The van der Waals surface area contributed by atoms with Gasteiger partial charge in [-0.3, -0.25) is 4.90 Å². The van der Waals surface area contributed by atoms with Gasteiger partial charge in [0, 0.05) is 38.3 Å². The van der Waals surface area contributed by atoms with E-state index < -0.39 is 11.3 Å². The molecule has 0 N–H and O–H groups in total. The lowest BCUT2D eigenvalue weighted by molar-refractivity contribution is -0.159. The average molecular weight is 346 g/mol. The lowest BCUT2D eigenvalue weighted by Crippen LogP contribution is -2.56. The maximum Gasteiger partial charge on any atom is 0.257 e. The smallest absolute Gasteiger partial charge is 0.257 e. The second-order valence-electron chi connectivity index (χ2n) is 7.46. The molecule has 0 aliphatic carbocycles. The molecule has 0 amide bonds. The van der Waals surface area contributed by atoms with Gasteiger partial charge in [-0.25, -0.2) is 8.78 Å². The van der Waals surface area contributed by atoms with Crippen molar-refractivity contribution in [3.05, 3.63) is 54.0 Å². The van der Waals surface area contributed by atoms with Crippen LogP contribution < -0.4 is 4.90 Å². The van der Waals surface area contributed by atoms with Crippen LogP contribution in [-0.2, 0) is 6.54 Å². The van der Waals surface area contributed by atoms with E-state index in [1.807, 2.05) is 49.4 Å². The molecule has 2 saturated heterocycles. The fourth-order valence-corrected chi connectivity index (χ4v) is 4.27. The number of aryl methyl sites for hydroxylation is 1. The number of hydrogen-bond acceptors (Lipinski definition) is 3. The number of nitrogens with zero attached hydrogens (tertiary/aromatic N) is 2. The number of furan rings is 1. The van der Waals surface area contributed by atoms with Gasteiger partial charge in [-0.2, -0.15) is 0 Å². The largest absolute Gasteiger partial charge is 0.465 e. The third kappa shape index (κ3) is 3.06. The molecule has 1 atom stereocenters. The Morgan fingerprint density at radius 3 is 2.52 bits per heavy atom. The zero-order valence-electron chi connectivity index (χ0n) is 14.5. The van der Waals surface area contributed by atoms with Crippen LogP contribution in [0.5, 0.6) is 0 Å². The summed E-state index contributed by atoms with van der Waals surface area (Å²) < 4.78 is 35.4. The molecule has 0 bridgehead atoms. The zero-order valence-corrected chi connectivity index (χ0v) is 14.5. The molecule has 0 radical (unpaired) electrons. The maximum absolute atomic E-state index is 14.9. The predicted molar refractivity (Wildman–Crippen MR) is 94.0 cm³/mol. The molecular formula is C20H24F2N2O. The van der Waals surface area contributed by atoms with E-state index in [9.17, 15) is 8.78 Å². The first-order valence-corrected chi connectivity index (χ1v) is 8.93. The summed E-state index contributed by atoms with van der Waals surface area (Å²) >= 11 is 0. The Balaban J connectivity index is 1.52. The van der Waals surface area contributed by atoms with E-state index in [4.69, 9.17) is 4.42 Å². The van der Waals surface area contributed by atoms with Gasteiger partial charge >= 0.3 is 0 Å². The highest BCUT2D eigenvalue weighted by Crippen LogP contribution is 2.50. The van der Waals surface area contributed by atoms with Gasteiger partial charge in [0.25, 0.3) is 5.92 Å². The minimum absolute atomic E-state index is 0.0741. The van der Waals surface area contributed by atoms with Crippen LogP contribution in [0.15, 0.2) is 46.9 Å². The molecule has 3 nitrogen and oxygen atoms in total. The molecule has 134 valence electrons. The Morgan fingerprint density at radius 1 is 1.00 bits per heavy atom. The quantitative estimate of drug-likeness (QED) is 0.825. The van der Waals surface area contributed by atoms with Crippen molar-refractivity contribution < 1.29 is 13.2 Å². The van der Waals surface area contributed by atoms with Crippen LogP contribution >= 0.6 is 0 Å². The number of para-hydroxylation sites is 1. The van der Waals surface area contributed by atoms with Crippen molar-refractivity contribution in [3.63, 3.8) is 0 Å². The monoisotopic (exact) mass is 346 g/mol. The summed E-state index contributed by atoms with van der Waals surface area (Å²) in [5.41, 5.74) is 0.0666. The number of piperidine rings is 1. The number of anilines is 1. The highest BCUT2D eigenvalue weighted by molar-refractivity contribution is 5.47. The molecule has 1 aromatic carbocycles. The zero-order chi connectivity index (χ0) is 17.5. The third-order valence-electron chi connectivity index (χ3n) is 5.69. The summed E-state index contributed by atoms with van der Waals surface area (Å²) in [5, 5.41) is 0. The van der Waals surface area contributed by atoms with Crippen molar-refractivity contribution in [2.45, 2.75) is 32.2 Å². The number of alkyl halides is 2. The second kappa shape index (κ2) is 6.13. The number of hydrogen-bond donors (Lipinski definition) is 0. The lowest BCUT2D eigenvalue weighted by atomic mass is 9.75. The summed E-state index contributed by atoms with van der Waals surface area (Å²) in [6.07, 6.45) is 0.456. The molecule has 3 heterocycles. The van der Waals surface area contributed by atoms with Gasteiger partial charge in [0.1, 0.15) is 11.5 Å². The number of rotatable bonds is 3. The fraction of sp³-hybridized carbons (Fsp3) is 0.500. The van der Waals surface area contributed by atoms with Crippen LogP contribution in [0.2, 0.25) is 0 Å². The van der Waals surface area contributed by atoms with E-state index in [1.54, 1.807) is 0 Å². The van der Waals surface area contributed by atoms with E-state index in [2.05, 4.69) is 9.80 Å². The molecule has 4 rings (SSSR count). The van der Waals surface area contributed by atoms with Crippen LogP contribution in [0.3, 0.4) is 0 Å². The Hall–Kier alpha value is -1.88. The van der Waals surface area contributed by atoms with Crippen LogP contribution in [-0.4, -0.2) is 37.0 Å². The molecule has 0 unspecified atom stereocenters. The standard InChI is InChI=1S/C20H24F2N2O/c1-16-7-8-18(25-16)13-23-11-10-20(21,22)19(14-23)9-12-24(15-19)17-5-3-2-4-6-17/h2-8H,9-15H2,1H3/t19-/m1/s1. The lowest BCUT2D eigenvalue weighted by Gasteiger charge is -2.45. The van der Waals surface area contributed by atoms with E-state index in [-0.39, 0.29) is 6.42 Å². The third-order valence-corrected chi connectivity index (χ3v) is 5.69. The van der Waals surface area contributed by atoms with Crippen LogP contribution in [0, 0.1) is 12.3 Å². The number of likely N-dealkylation sites (tertiary alicyclic amines) is 1. The molecule has 1 spiro atoms. The summed E-state index contributed by atoms with van der Waals surface area (Å²) in [6, 6.07) is 13.8. The number of halogens is 2. The molecular weight excluding hydrogens is 322 g/mol. The average Bonchev–Trinajstić information content (AvgIpc) is 3.20. The summed E-state index contributed by atoms with van der Waals surface area (Å²) in [5.74, 6) is -0.898. The topological polar surface area (TPSA) is 19.6 Å². The first-order valence-electron chi connectivity index (χ1n) is 8.93. The van der Waals surface area contributed by atoms with Gasteiger partial charge in [0.15, 0.2) is 0 Å². The van der Waals surface area contributed by atoms with Crippen molar-refractivity contribution in [1.29, 1.82) is 0 Å². The second-order valence-corrected chi connectivity index (χ2v) is 7.46. The highest BCUT2D eigenvalue weighted by atomic mass is 19.3. The van der Waals surface area contributed by atoms with E-state index in [1.165, 1.54) is 0 Å². The Labute approximate surface area is 147 Å². The van der Waals surface area contributed by atoms with Crippen LogP contribution in [0.25, 0.3) is 0 Å². The van der Waals surface area contributed by atoms with Crippen molar-refractivity contribution in [3.8, 4) is 0 Å². The van der Waals surface area contributed by atoms with Gasteiger partial charge in [-0.15, -0.1) is 0 Å². The minimum atomic E-state index is -2.62. The maximum atomic E-state index is 14.9. The molecule has 2 aromatic rings. The van der Waals surface area contributed by atoms with Gasteiger partial charge in [0.05, 0.1) is 12.0 Å². The van der Waals surface area contributed by atoms with Crippen molar-refractivity contribution in [1.82, 2.24) is 4.90 Å². The Morgan fingerprint density at radius 2 is 1.80 bits per heavy atom. The van der Waals surface area contributed by atoms with Crippen molar-refractivity contribution in [2.24, 2.45) is 5.41 Å². The first-order chi connectivity index (χ1) is 12.0. The van der Waals surface area contributed by atoms with Gasteiger partial charge < -0.3 is 9.32 Å². The summed E-state index contributed by atoms with van der Waals surface area (Å²) in [6.45, 7) is 4.45.